The molecule has 2 saturated carbocycles. The first-order valence-electron chi connectivity index (χ1n) is 7.11. The average Bonchev–Trinajstić information content (AvgIpc) is 2.98. The van der Waals surface area contributed by atoms with Crippen molar-refractivity contribution >= 4 is 0 Å². The van der Waals surface area contributed by atoms with E-state index in [0.717, 1.165) is 38.5 Å². The van der Waals surface area contributed by atoms with Gasteiger partial charge in [-0.1, -0.05) is 39.0 Å². The molecule has 2 nitrogen and oxygen atoms in total. The van der Waals surface area contributed by atoms with Gasteiger partial charge < -0.3 is 5.11 Å². The smallest absolute Gasteiger partial charge is 0.0862 e. The fourth-order valence-corrected chi connectivity index (χ4v) is 3.47. The maximum atomic E-state index is 11.0. The zero-order valence-electron chi connectivity index (χ0n) is 11.3. The minimum atomic E-state index is -0.813. The van der Waals surface area contributed by atoms with Gasteiger partial charge in [0.25, 0.3) is 0 Å². The summed E-state index contributed by atoms with van der Waals surface area (Å²) in [6, 6.07) is 2.52. The molecule has 0 saturated heterocycles. The molecule has 0 aromatic rings. The molecule has 0 amide bonds. The second-order valence-corrected chi connectivity index (χ2v) is 6.59. The lowest BCUT2D eigenvalue weighted by atomic mass is 9.61. The molecule has 1 unspecified atom stereocenters. The van der Waals surface area contributed by atoms with Crippen LogP contribution >= 0.6 is 0 Å². The Morgan fingerprint density at radius 2 is 1.47 bits per heavy atom. The molecule has 2 heteroatoms. The lowest BCUT2D eigenvalue weighted by molar-refractivity contribution is -0.103. The van der Waals surface area contributed by atoms with Crippen LogP contribution in [0.3, 0.4) is 0 Å². The molecule has 2 rings (SSSR count). The summed E-state index contributed by atoms with van der Waals surface area (Å²) in [6.45, 7) is 4.07. The van der Waals surface area contributed by atoms with E-state index in [1.54, 1.807) is 0 Å². The van der Waals surface area contributed by atoms with E-state index in [-0.39, 0.29) is 5.41 Å². The van der Waals surface area contributed by atoms with Gasteiger partial charge in [-0.25, -0.2) is 0 Å². The molecule has 0 aromatic heterocycles. The Kier molecular flexibility index (Phi) is 3.25. The minimum Gasteiger partial charge on any atom is -0.388 e. The van der Waals surface area contributed by atoms with Crippen LogP contribution in [0, 0.1) is 22.2 Å². The summed E-state index contributed by atoms with van der Waals surface area (Å²) in [4.78, 5) is 0. The monoisotopic (exact) mass is 235 g/mol. The van der Waals surface area contributed by atoms with Crippen molar-refractivity contribution in [1.29, 1.82) is 5.26 Å². The zero-order chi connectivity index (χ0) is 12.6. The third-order valence-electron chi connectivity index (χ3n) is 5.53. The van der Waals surface area contributed by atoms with Crippen LogP contribution in [0.2, 0.25) is 0 Å². The van der Waals surface area contributed by atoms with Gasteiger partial charge in [-0.15, -0.1) is 0 Å². The van der Waals surface area contributed by atoms with Gasteiger partial charge in [-0.3, -0.25) is 0 Å². The first kappa shape index (κ1) is 12.9. The molecule has 0 heterocycles. The van der Waals surface area contributed by atoms with Gasteiger partial charge in [0.05, 0.1) is 17.1 Å². The highest BCUT2D eigenvalue weighted by Gasteiger charge is 2.62. The van der Waals surface area contributed by atoms with E-state index >= 15 is 0 Å². The van der Waals surface area contributed by atoms with Crippen molar-refractivity contribution in [1.82, 2.24) is 0 Å². The molecule has 17 heavy (non-hydrogen) atoms. The van der Waals surface area contributed by atoms with Crippen LogP contribution in [0.5, 0.6) is 0 Å². The maximum absolute atomic E-state index is 11.0. The summed E-state index contributed by atoms with van der Waals surface area (Å²) >= 11 is 0. The van der Waals surface area contributed by atoms with Gasteiger partial charge in [0.2, 0.25) is 0 Å². The largest absolute Gasteiger partial charge is 0.388 e. The molecule has 0 aromatic carbocycles. The van der Waals surface area contributed by atoms with Gasteiger partial charge in [0.1, 0.15) is 0 Å². The van der Waals surface area contributed by atoms with E-state index < -0.39 is 11.0 Å². The Balaban J connectivity index is 2.25. The highest BCUT2D eigenvalue weighted by Crippen LogP contribution is 2.61. The standard InChI is InChI=1S/C15H25NO/c1-13(10-11-13)14(2,17)15(12-16)8-6-4-3-5-7-9-15/h17H,3-11H2,1-2H3. The van der Waals surface area contributed by atoms with E-state index in [9.17, 15) is 10.4 Å². The van der Waals surface area contributed by atoms with Crippen LogP contribution in [-0.2, 0) is 0 Å². The Labute approximate surface area is 105 Å². The van der Waals surface area contributed by atoms with Crippen LogP contribution in [0.1, 0.15) is 71.6 Å². The Morgan fingerprint density at radius 3 is 1.88 bits per heavy atom. The summed E-state index contributed by atoms with van der Waals surface area (Å²) < 4.78 is 0. The number of hydrogen-bond acceptors (Lipinski definition) is 2. The lowest BCUT2D eigenvalue weighted by Gasteiger charge is -2.45. The fraction of sp³-hybridized carbons (Fsp3) is 0.933. The molecule has 0 spiro atoms. The van der Waals surface area contributed by atoms with Gasteiger partial charge in [-0.05, 0) is 38.0 Å². The van der Waals surface area contributed by atoms with E-state index in [0.29, 0.717) is 0 Å². The van der Waals surface area contributed by atoms with Crippen LogP contribution < -0.4 is 0 Å². The summed E-state index contributed by atoms with van der Waals surface area (Å²) in [6.07, 6.45) is 9.83. The van der Waals surface area contributed by atoms with Gasteiger partial charge in [0, 0.05) is 0 Å². The summed E-state index contributed by atoms with van der Waals surface area (Å²) in [5.41, 5.74) is -1.33. The topological polar surface area (TPSA) is 44.0 Å². The predicted molar refractivity (Wildman–Crippen MR) is 68.3 cm³/mol. The van der Waals surface area contributed by atoms with Crippen molar-refractivity contribution in [3.05, 3.63) is 0 Å². The molecule has 96 valence electrons. The lowest BCUT2D eigenvalue weighted by Crippen LogP contribution is -2.51. The van der Waals surface area contributed by atoms with E-state index in [2.05, 4.69) is 13.0 Å². The quantitative estimate of drug-likeness (QED) is 0.791. The van der Waals surface area contributed by atoms with Gasteiger partial charge in [-0.2, -0.15) is 5.26 Å². The molecule has 0 bridgehead atoms. The van der Waals surface area contributed by atoms with E-state index in [4.69, 9.17) is 0 Å². The number of hydrogen-bond donors (Lipinski definition) is 1. The third kappa shape index (κ3) is 1.99. The Bertz CT molecular complexity index is 314. The van der Waals surface area contributed by atoms with Crippen LogP contribution in [0.15, 0.2) is 0 Å². The van der Waals surface area contributed by atoms with Crippen molar-refractivity contribution in [2.24, 2.45) is 10.8 Å². The van der Waals surface area contributed by atoms with Crippen molar-refractivity contribution in [2.75, 3.05) is 0 Å². The Hall–Kier alpha value is -0.550. The SMILES string of the molecule is CC1(C(C)(O)C2(C#N)CCCCCCC2)CC1. The normalized spacial score (nSPS) is 30.5. The fourth-order valence-electron chi connectivity index (χ4n) is 3.47. The maximum Gasteiger partial charge on any atom is 0.0862 e. The van der Waals surface area contributed by atoms with Crippen LogP contribution in [0.25, 0.3) is 0 Å². The molecule has 2 aliphatic carbocycles. The molecular formula is C15H25NO. The van der Waals surface area contributed by atoms with Crippen molar-refractivity contribution < 1.29 is 5.11 Å². The highest BCUT2D eigenvalue weighted by molar-refractivity contribution is 5.19. The van der Waals surface area contributed by atoms with E-state index in [1.807, 2.05) is 6.92 Å². The highest BCUT2D eigenvalue weighted by atomic mass is 16.3. The second kappa shape index (κ2) is 4.28. The number of nitrogens with zero attached hydrogens (tertiary/aromatic N) is 1. The molecule has 0 aliphatic heterocycles. The molecule has 1 atom stereocenters. The van der Waals surface area contributed by atoms with Crippen LogP contribution in [-0.4, -0.2) is 10.7 Å². The molecule has 0 radical (unpaired) electrons. The summed E-state index contributed by atoms with van der Waals surface area (Å²) in [5, 5.41) is 20.7. The zero-order valence-corrected chi connectivity index (χ0v) is 11.3. The number of nitriles is 1. The third-order valence-corrected chi connectivity index (χ3v) is 5.53. The van der Waals surface area contributed by atoms with E-state index in [1.165, 1.54) is 19.3 Å². The summed E-state index contributed by atoms with van der Waals surface area (Å²) in [7, 11) is 0. The van der Waals surface area contributed by atoms with Crippen molar-refractivity contribution in [2.45, 2.75) is 77.2 Å². The van der Waals surface area contributed by atoms with Crippen molar-refractivity contribution in [3.8, 4) is 6.07 Å². The molecule has 1 N–H and O–H groups in total. The Morgan fingerprint density at radius 1 is 1.00 bits per heavy atom. The van der Waals surface area contributed by atoms with Crippen molar-refractivity contribution in [3.63, 3.8) is 0 Å². The summed E-state index contributed by atoms with van der Waals surface area (Å²) in [5.74, 6) is 0. The second-order valence-electron chi connectivity index (χ2n) is 6.59. The van der Waals surface area contributed by atoms with Gasteiger partial charge in [0.15, 0.2) is 0 Å². The molecule has 2 fully saturated rings. The first-order valence-corrected chi connectivity index (χ1v) is 7.11. The van der Waals surface area contributed by atoms with Gasteiger partial charge >= 0.3 is 0 Å². The number of rotatable bonds is 2. The number of aliphatic hydroxyl groups is 1. The first-order chi connectivity index (χ1) is 7.97. The molecular weight excluding hydrogens is 210 g/mol. The minimum absolute atomic E-state index is 0.0120. The molecule has 2 aliphatic rings. The predicted octanol–water partition coefficient (Wildman–Crippen LogP) is 3.79. The average molecular weight is 235 g/mol. The van der Waals surface area contributed by atoms with Crippen LogP contribution in [0.4, 0.5) is 0 Å².